The molecule has 106 valence electrons. The van der Waals surface area contributed by atoms with E-state index in [4.69, 9.17) is 11.6 Å². The van der Waals surface area contributed by atoms with Gasteiger partial charge >= 0.3 is 0 Å². The first-order chi connectivity index (χ1) is 9.04. The van der Waals surface area contributed by atoms with E-state index in [1.807, 2.05) is 6.07 Å². The third kappa shape index (κ3) is 4.75. The van der Waals surface area contributed by atoms with E-state index in [2.05, 4.69) is 51.7 Å². The molecule has 1 saturated heterocycles. The zero-order chi connectivity index (χ0) is 13.8. The third-order valence-corrected chi connectivity index (χ3v) is 4.34. The Kier molecular flexibility index (Phi) is 5.70. The Morgan fingerprint density at radius 3 is 2.37 bits per heavy atom. The molecule has 1 aromatic rings. The first-order valence-corrected chi connectivity index (χ1v) is 8.10. The van der Waals surface area contributed by atoms with E-state index >= 15 is 0 Å². The van der Waals surface area contributed by atoms with Gasteiger partial charge in [0.25, 0.3) is 0 Å². The number of halogens is 2. The van der Waals surface area contributed by atoms with E-state index in [0.717, 1.165) is 35.0 Å². The first-order valence-electron chi connectivity index (χ1n) is 6.93. The van der Waals surface area contributed by atoms with Crippen LogP contribution < -0.4 is 0 Å². The molecule has 1 fully saturated rings. The molecule has 0 amide bonds. The summed E-state index contributed by atoms with van der Waals surface area (Å²) in [5, 5.41) is 0.860. The van der Waals surface area contributed by atoms with Gasteiger partial charge in [-0.25, -0.2) is 0 Å². The van der Waals surface area contributed by atoms with Crippen LogP contribution >= 0.6 is 27.5 Å². The number of hydrogen-bond donors (Lipinski definition) is 0. The zero-order valence-electron chi connectivity index (χ0n) is 11.7. The van der Waals surface area contributed by atoms with E-state index in [9.17, 15) is 0 Å². The van der Waals surface area contributed by atoms with E-state index in [0.29, 0.717) is 0 Å². The lowest BCUT2D eigenvalue weighted by molar-refractivity contribution is 0.117. The predicted octanol–water partition coefficient (Wildman–Crippen LogP) is 3.88. The molecule has 4 heteroatoms. The Bertz CT molecular complexity index is 415. The molecular weight excluding hydrogens is 324 g/mol. The molecule has 0 aromatic heterocycles. The summed E-state index contributed by atoms with van der Waals surface area (Å²) in [6.45, 7) is 11.4. The molecular formula is C15H22BrClN2. The van der Waals surface area contributed by atoms with Crippen LogP contribution in [0.5, 0.6) is 0 Å². The monoisotopic (exact) mass is 344 g/mol. The molecule has 0 atom stereocenters. The Morgan fingerprint density at radius 1 is 1.16 bits per heavy atom. The second kappa shape index (κ2) is 7.07. The summed E-state index contributed by atoms with van der Waals surface area (Å²) in [5.41, 5.74) is 1.22. The maximum Gasteiger partial charge on any atom is 0.0462 e. The normalized spacial score (nSPS) is 18.2. The number of rotatable bonds is 4. The molecule has 1 aromatic carbocycles. The molecule has 0 bridgehead atoms. The lowest BCUT2D eigenvalue weighted by Crippen LogP contribution is -2.46. The summed E-state index contributed by atoms with van der Waals surface area (Å²) in [6.07, 6.45) is 0. The smallest absolute Gasteiger partial charge is 0.0462 e. The van der Waals surface area contributed by atoms with Gasteiger partial charge in [-0.1, -0.05) is 47.4 Å². The van der Waals surface area contributed by atoms with Gasteiger partial charge in [-0.3, -0.25) is 4.90 Å². The maximum absolute atomic E-state index is 6.28. The summed E-state index contributed by atoms with van der Waals surface area (Å²) in [4.78, 5) is 5.05. The Morgan fingerprint density at radius 2 is 1.79 bits per heavy atom. The molecule has 0 saturated carbocycles. The summed E-state index contributed by atoms with van der Waals surface area (Å²) >= 11 is 9.73. The minimum atomic E-state index is 0.757. The van der Waals surface area contributed by atoms with Gasteiger partial charge in [-0.15, -0.1) is 0 Å². The van der Waals surface area contributed by atoms with Gasteiger partial charge in [0.15, 0.2) is 0 Å². The zero-order valence-corrected chi connectivity index (χ0v) is 14.0. The highest BCUT2D eigenvalue weighted by Gasteiger charge is 2.18. The molecule has 0 spiro atoms. The predicted molar refractivity (Wildman–Crippen MR) is 85.7 cm³/mol. The summed E-state index contributed by atoms with van der Waals surface area (Å²) in [5.74, 6) is 0.757. The molecule has 0 aliphatic carbocycles. The van der Waals surface area contributed by atoms with Crippen LogP contribution in [0.1, 0.15) is 19.4 Å². The SMILES string of the molecule is CC(C)CN1CCN(Cc2ccc(Br)cc2Cl)CC1. The van der Waals surface area contributed by atoms with E-state index in [-0.39, 0.29) is 0 Å². The number of benzene rings is 1. The largest absolute Gasteiger partial charge is 0.301 e. The van der Waals surface area contributed by atoms with Crippen molar-refractivity contribution in [1.29, 1.82) is 0 Å². The Labute approximate surface area is 129 Å². The molecule has 2 rings (SSSR count). The molecule has 19 heavy (non-hydrogen) atoms. The van der Waals surface area contributed by atoms with E-state index < -0.39 is 0 Å². The van der Waals surface area contributed by atoms with Crippen molar-refractivity contribution >= 4 is 27.5 Å². The van der Waals surface area contributed by atoms with Crippen LogP contribution in [-0.4, -0.2) is 42.5 Å². The fraction of sp³-hybridized carbons (Fsp3) is 0.600. The van der Waals surface area contributed by atoms with Crippen LogP contribution in [0.3, 0.4) is 0 Å². The molecule has 0 radical (unpaired) electrons. The second-order valence-electron chi connectivity index (χ2n) is 5.71. The molecule has 2 nitrogen and oxygen atoms in total. The quantitative estimate of drug-likeness (QED) is 0.817. The second-order valence-corrected chi connectivity index (χ2v) is 7.03. The first kappa shape index (κ1) is 15.3. The Balaban J connectivity index is 1.85. The molecule has 0 N–H and O–H groups in total. The lowest BCUT2D eigenvalue weighted by Gasteiger charge is -2.35. The molecule has 0 unspecified atom stereocenters. The standard InChI is InChI=1S/C15H22BrClN2/c1-12(2)10-18-5-7-19(8-6-18)11-13-3-4-14(16)9-15(13)17/h3-4,9,12H,5-8,10-11H2,1-2H3. The minimum absolute atomic E-state index is 0.757. The van der Waals surface area contributed by atoms with Crippen molar-refractivity contribution in [3.05, 3.63) is 33.3 Å². The van der Waals surface area contributed by atoms with Crippen LogP contribution in [0.2, 0.25) is 5.02 Å². The lowest BCUT2D eigenvalue weighted by atomic mass is 10.1. The van der Waals surface area contributed by atoms with Crippen LogP contribution in [-0.2, 0) is 6.54 Å². The fourth-order valence-corrected chi connectivity index (χ4v) is 3.27. The van der Waals surface area contributed by atoms with Crippen LogP contribution in [0.4, 0.5) is 0 Å². The summed E-state index contributed by atoms with van der Waals surface area (Å²) in [6, 6.07) is 6.16. The number of hydrogen-bond acceptors (Lipinski definition) is 2. The van der Waals surface area contributed by atoms with Crippen molar-refractivity contribution in [2.45, 2.75) is 20.4 Å². The number of nitrogens with zero attached hydrogens (tertiary/aromatic N) is 2. The average molecular weight is 346 g/mol. The van der Waals surface area contributed by atoms with Crippen molar-refractivity contribution in [3.8, 4) is 0 Å². The van der Waals surface area contributed by atoms with E-state index in [1.165, 1.54) is 25.2 Å². The topological polar surface area (TPSA) is 6.48 Å². The van der Waals surface area contributed by atoms with Crippen molar-refractivity contribution in [3.63, 3.8) is 0 Å². The maximum atomic E-state index is 6.28. The van der Waals surface area contributed by atoms with Crippen LogP contribution in [0.15, 0.2) is 22.7 Å². The van der Waals surface area contributed by atoms with Crippen molar-refractivity contribution < 1.29 is 0 Å². The van der Waals surface area contributed by atoms with E-state index in [1.54, 1.807) is 0 Å². The van der Waals surface area contributed by atoms with Gasteiger partial charge in [0.1, 0.15) is 0 Å². The fourth-order valence-electron chi connectivity index (χ4n) is 2.54. The molecule has 1 heterocycles. The summed E-state index contributed by atoms with van der Waals surface area (Å²) in [7, 11) is 0. The van der Waals surface area contributed by atoms with Gasteiger partial charge in [0, 0.05) is 48.8 Å². The van der Waals surface area contributed by atoms with Crippen molar-refractivity contribution in [2.24, 2.45) is 5.92 Å². The van der Waals surface area contributed by atoms with Crippen LogP contribution in [0, 0.1) is 5.92 Å². The average Bonchev–Trinajstić information content (AvgIpc) is 2.34. The highest BCUT2D eigenvalue weighted by molar-refractivity contribution is 9.10. The van der Waals surface area contributed by atoms with Crippen LogP contribution in [0.25, 0.3) is 0 Å². The van der Waals surface area contributed by atoms with Gasteiger partial charge in [0.2, 0.25) is 0 Å². The number of piperazine rings is 1. The minimum Gasteiger partial charge on any atom is -0.301 e. The highest BCUT2D eigenvalue weighted by atomic mass is 79.9. The molecule has 1 aliphatic heterocycles. The van der Waals surface area contributed by atoms with Gasteiger partial charge in [0.05, 0.1) is 0 Å². The Hall–Kier alpha value is -0.0900. The van der Waals surface area contributed by atoms with Crippen molar-refractivity contribution in [1.82, 2.24) is 9.80 Å². The summed E-state index contributed by atoms with van der Waals surface area (Å²) < 4.78 is 1.04. The highest BCUT2D eigenvalue weighted by Crippen LogP contribution is 2.23. The third-order valence-electron chi connectivity index (χ3n) is 3.50. The van der Waals surface area contributed by atoms with Gasteiger partial charge in [-0.05, 0) is 23.6 Å². The van der Waals surface area contributed by atoms with Gasteiger partial charge in [-0.2, -0.15) is 0 Å². The van der Waals surface area contributed by atoms with Gasteiger partial charge < -0.3 is 4.90 Å². The molecule has 1 aliphatic rings. The van der Waals surface area contributed by atoms with Crippen molar-refractivity contribution in [2.75, 3.05) is 32.7 Å².